The lowest BCUT2D eigenvalue weighted by molar-refractivity contribution is 0.265. The van der Waals surface area contributed by atoms with Crippen LogP contribution in [0.15, 0.2) is 34.9 Å². The van der Waals surface area contributed by atoms with Gasteiger partial charge in [0.15, 0.2) is 6.61 Å². The first kappa shape index (κ1) is 9.58. The molecule has 15 heavy (non-hydrogen) atoms. The molecule has 2 N–H and O–H groups in total. The maximum absolute atomic E-state index is 5.47. The van der Waals surface area contributed by atoms with Crippen LogP contribution >= 0.6 is 0 Å². The van der Waals surface area contributed by atoms with Crippen LogP contribution in [0.2, 0.25) is 0 Å². The Balaban J connectivity index is 1.99. The third kappa shape index (κ3) is 2.49. The van der Waals surface area contributed by atoms with Crippen molar-refractivity contribution >= 4 is 5.88 Å². The van der Waals surface area contributed by atoms with Crippen LogP contribution in [-0.2, 0) is 6.61 Å². The molecule has 2 aromatic rings. The van der Waals surface area contributed by atoms with Gasteiger partial charge in [-0.1, -0.05) is 12.1 Å². The highest BCUT2D eigenvalue weighted by molar-refractivity contribution is 5.27. The summed E-state index contributed by atoms with van der Waals surface area (Å²) in [6.45, 7) is 2.30. The van der Waals surface area contributed by atoms with Crippen molar-refractivity contribution in [1.29, 1.82) is 0 Å². The lowest BCUT2D eigenvalue weighted by atomic mass is 10.2. The third-order valence-corrected chi connectivity index (χ3v) is 1.92. The van der Waals surface area contributed by atoms with E-state index in [0.717, 1.165) is 11.3 Å². The Morgan fingerprint density at radius 3 is 3.00 bits per heavy atom. The van der Waals surface area contributed by atoms with E-state index < -0.39 is 0 Å². The number of oxazole rings is 1. The number of benzene rings is 1. The van der Waals surface area contributed by atoms with Crippen LogP contribution in [0.3, 0.4) is 0 Å². The number of hydrogen-bond acceptors (Lipinski definition) is 4. The number of anilines is 1. The summed E-state index contributed by atoms with van der Waals surface area (Å²) in [5.41, 5.74) is 6.54. The quantitative estimate of drug-likeness (QED) is 0.832. The van der Waals surface area contributed by atoms with E-state index in [1.165, 1.54) is 6.20 Å². The topological polar surface area (TPSA) is 61.3 Å². The summed E-state index contributed by atoms with van der Waals surface area (Å²) >= 11 is 0. The van der Waals surface area contributed by atoms with E-state index >= 15 is 0 Å². The van der Waals surface area contributed by atoms with Gasteiger partial charge in [0.2, 0.25) is 11.8 Å². The number of hydrogen-bond donors (Lipinski definition) is 1. The van der Waals surface area contributed by atoms with Crippen LogP contribution in [0.25, 0.3) is 0 Å². The molecule has 0 fully saturated rings. The molecule has 0 saturated carbocycles. The van der Waals surface area contributed by atoms with E-state index in [2.05, 4.69) is 4.98 Å². The van der Waals surface area contributed by atoms with Gasteiger partial charge >= 0.3 is 0 Å². The van der Waals surface area contributed by atoms with Gasteiger partial charge in [0, 0.05) is 0 Å². The average Bonchev–Trinajstić information content (AvgIpc) is 2.62. The molecule has 0 aliphatic rings. The van der Waals surface area contributed by atoms with Crippen molar-refractivity contribution < 1.29 is 9.15 Å². The largest absolute Gasteiger partial charge is 0.484 e. The predicted octanol–water partition coefficient (Wildman–Crippen LogP) is 2.14. The van der Waals surface area contributed by atoms with E-state index in [4.69, 9.17) is 14.9 Å². The van der Waals surface area contributed by atoms with Crippen molar-refractivity contribution in [2.24, 2.45) is 0 Å². The number of nitrogens with two attached hydrogens (primary N) is 1. The zero-order valence-corrected chi connectivity index (χ0v) is 8.43. The minimum atomic E-state index is 0.292. The zero-order chi connectivity index (χ0) is 10.7. The predicted molar refractivity (Wildman–Crippen MR) is 56.4 cm³/mol. The molecule has 0 atom stereocenters. The number of ether oxygens (including phenoxy) is 1. The Kier molecular flexibility index (Phi) is 2.58. The number of nitrogens with zero attached hydrogens (tertiary/aromatic N) is 1. The molecule has 0 aliphatic heterocycles. The van der Waals surface area contributed by atoms with E-state index in [9.17, 15) is 0 Å². The molecule has 0 amide bonds. The highest BCUT2D eigenvalue weighted by Gasteiger charge is 2.01. The summed E-state index contributed by atoms with van der Waals surface area (Å²) in [6.07, 6.45) is 1.47. The molecule has 78 valence electrons. The fourth-order valence-electron chi connectivity index (χ4n) is 1.24. The molecule has 4 nitrogen and oxygen atoms in total. The summed E-state index contributed by atoms with van der Waals surface area (Å²) in [4.78, 5) is 3.94. The Morgan fingerprint density at radius 1 is 1.47 bits per heavy atom. The SMILES string of the molecule is Cc1cccc(OCc2ncc(N)o2)c1. The van der Waals surface area contributed by atoms with Crippen molar-refractivity contribution in [3.8, 4) is 5.75 Å². The fourth-order valence-corrected chi connectivity index (χ4v) is 1.24. The number of aryl methyl sites for hydroxylation is 1. The molecule has 0 bridgehead atoms. The zero-order valence-electron chi connectivity index (χ0n) is 8.43. The Labute approximate surface area is 87.7 Å². The fraction of sp³-hybridized carbons (Fsp3) is 0.182. The molecular formula is C11H12N2O2. The highest BCUT2D eigenvalue weighted by Crippen LogP contribution is 2.14. The summed E-state index contributed by atoms with van der Waals surface area (Å²) in [5.74, 6) is 1.58. The molecule has 1 aromatic heterocycles. The van der Waals surface area contributed by atoms with Crippen LogP contribution in [0.4, 0.5) is 5.88 Å². The van der Waals surface area contributed by atoms with Crippen LogP contribution in [0.1, 0.15) is 11.5 Å². The summed E-state index contributed by atoms with van der Waals surface area (Å²) in [5, 5.41) is 0. The van der Waals surface area contributed by atoms with Crippen molar-refractivity contribution in [3.05, 3.63) is 41.9 Å². The van der Waals surface area contributed by atoms with Crippen molar-refractivity contribution in [1.82, 2.24) is 4.98 Å². The smallest absolute Gasteiger partial charge is 0.234 e. The molecular weight excluding hydrogens is 192 g/mol. The molecule has 2 rings (SSSR count). The van der Waals surface area contributed by atoms with Gasteiger partial charge in [-0.05, 0) is 24.6 Å². The Bertz CT molecular complexity index is 451. The summed E-state index contributed by atoms with van der Waals surface area (Å²) in [6, 6.07) is 7.79. The molecule has 0 saturated heterocycles. The van der Waals surface area contributed by atoms with Crippen LogP contribution in [0, 0.1) is 6.92 Å². The van der Waals surface area contributed by atoms with Gasteiger partial charge < -0.3 is 14.9 Å². The van der Waals surface area contributed by atoms with Gasteiger partial charge in [0.1, 0.15) is 5.75 Å². The second kappa shape index (κ2) is 4.04. The van der Waals surface area contributed by atoms with E-state index in [0.29, 0.717) is 18.4 Å². The standard InChI is InChI=1S/C11H12N2O2/c1-8-3-2-4-9(5-8)14-7-11-13-6-10(12)15-11/h2-6H,7,12H2,1H3. The number of aromatic nitrogens is 1. The Hall–Kier alpha value is -1.97. The van der Waals surface area contributed by atoms with Crippen molar-refractivity contribution in [2.45, 2.75) is 13.5 Å². The molecule has 0 spiro atoms. The first-order valence-electron chi connectivity index (χ1n) is 4.64. The Morgan fingerprint density at radius 2 is 2.33 bits per heavy atom. The van der Waals surface area contributed by atoms with E-state index in [1.54, 1.807) is 0 Å². The lowest BCUT2D eigenvalue weighted by Crippen LogP contribution is -1.95. The maximum atomic E-state index is 5.47. The molecule has 1 aromatic carbocycles. The van der Waals surface area contributed by atoms with Crippen molar-refractivity contribution in [3.63, 3.8) is 0 Å². The van der Waals surface area contributed by atoms with Gasteiger partial charge in [0.05, 0.1) is 6.20 Å². The molecule has 0 unspecified atom stereocenters. The number of rotatable bonds is 3. The van der Waals surface area contributed by atoms with Gasteiger partial charge in [-0.3, -0.25) is 0 Å². The molecule has 0 radical (unpaired) electrons. The molecule has 4 heteroatoms. The second-order valence-electron chi connectivity index (χ2n) is 3.26. The monoisotopic (exact) mass is 204 g/mol. The van der Waals surface area contributed by atoms with Crippen LogP contribution in [0.5, 0.6) is 5.75 Å². The average molecular weight is 204 g/mol. The maximum Gasteiger partial charge on any atom is 0.234 e. The van der Waals surface area contributed by atoms with Gasteiger partial charge in [0.25, 0.3) is 0 Å². The van der Waals surface area contributed by atoms with E-state index in [-0.39, 0.29) is 0 Å². The molecule has 0 aliphatic carbocycles. The van der Waals surface area contributed by atoms with Crippen molar-refractivity contribution in [2.75, 3.05) is 5.73 Å². The minimum absolute atomic E-state index is 0.292. The van der Waals surface area contributed by atoms with Gasteiger partial charge in [-0.15, -0.1) is 0 Å². The second-order valence-corrected chi connectivity index (χ2v) is 3.26. The highest BCUT2D eigenvalue weighted by atomic mass is 16.5. The van der Waals surface area contributed by atoms with Crippen LogP contribution in [-0.4, -0.2) is 4.98 Å². The normalized spacial score (nSPS) is 10.2. The first-order valence-corrected chi connectivity index (χ1v) is 4.64. The summed E-state index contributed by atoms with van der Waals surface area (Å²) < 4.78 is 10.6. The minimum Gasteiger partial charge on any atom is -0.484 e. The summed E-state index contributed by atoms with van der Waals surface area (Å²) in [7, 11) is 0. The first-order chi connectivity index (χ1) is 7.24. The van der Waals surface area contributed by atoms with Gasteiger partial charge in [-0.2, -0.15) is 0 Å². The third-order valence-electron chi connectivity index (χ3n) is 1.92. The molecule has 1 heterocycles. The van der Waals surface area contributed by atoms with Gasteiger partial charge in [-0.25, -0.2) is 4.98 Å². The van der Waals surface area contributed by atoms with E-state index in [1.807, 2.05) is 31.2 Å². The lowest BCUT2D eigenvalue weighted by Gasteiger charge is -2.03. The number of nitrogen functional groups attached to an aromatic ring is 1. The van der Waals surface area contributed by atoms with Crippen LogP contribution < -0.4 is 10.5 Å².